The quantitative estimate of drug-likeness (QED) is 0.306. The van der Waals surface area contributed by atoms with Crippen LogP contribution in [0.4, 0.5) is 15.8 Å². The maximum atomic E-state index is 13.7. The van der Waals surface area contributed by atoms with Crippen molar-refractivity contribution in [1.29, 1.82) is 0 Å². The van der Waals surface area contributed by atoms with Crippen LogP contribution in [-0.2, 0) is 4.79 Å². The molecule has 1 fully saturated rings. The van der Waals surface area contributed by atoms with E-state index in [0.29, 0.717) is 5.11 Å². The predicted octanol–water partition coefficient (Wildman–Crippen LogP) is 6.09. The molecule has 4 aromatic rings. The minimum atomic E-state index is -0.283. The van der Waals surface area contributed by atoms with Crippen molar-refractivity contribution in [2.24, 2.45) is 5.92 Å². The van der Waals surface area contributed by atoms with Gasteiger partial charge in [-0.15, -0.1) is 0 Å². The summed E-state index contributed by atoms with van der Waals surface area (Å²) >= 11 is 5.87. The molecule has 2 aromatic carbocycles. The molecule has 3 heterocycles. The molecule has 1 aliphatic heterocycles. The molecule has 6 nitrogen and oxygen atoms in total. The summed E-state index contributed by atoms with van der Waals surface area (Å²) in [6.45, 7) is 5.70. The van der Waals surface area contributed by atoms with E-state index in [2.05, 4.69) is 26.6 Å². The first-order valence-electron chi connectivity index (χ1n) is 12.2. The van der Waals surface area contributed by atoms with Crippen LogP contribution < -0.4 is 15.5 Å². The third-order valence-corrected chi connectivity index (χ3v) is 6.87. The first-order valence-corrected chi connectivity index (χ1v) is 12.6. The monoisotopic (exact) mass is 513 g/mol. The zero-order valence-electron chi connectivity index (χ0n) is 20.9. The number of anilines is 2. The van der Waals surface area contributed by atoms with Crippen LogP contribution in [0.1, 0.15) is 42.9 Å². The lowest BCUT2D eigenvalue weighted by atomic mass is 10.00. The summed E-state index contributed by atoms with van der Waals surface area (Å²) in [5.74, 6) is -0.425. The van der Waals surface area contributed by atoms with Crippen molar-refractivity contribution in [2.75, 3.05) is 10.2 Å². The molecule has 1 amide bonds. The molecule has 2 N–H and O–H groups in total. The highest BCUT2D eigenvalue weighted by Crippen LogP contribution is 2.42. The molecule has 0 spiro atoms. The van der Waals surface area contributed by atoms with E-state index in [9.17, 15) is 9.18 Å². The van der Waals surface area contributed by atoms with Gasteiger partial charge in [0.2, 0.25) is 5.91 Å². The fraction of sp³-hybridized carbons (Fsp3) is 0.207. The molecule has 1 saturated heterocycles. The highest BCUT2D eigenvalue weighted by Gasteiger charge is 2.42. The van der Waals surface area contributed by atoms with Gasteiger partial charge in [0.15, 0.2) is 5.11 Å². The maximum absolute atomic E-state index is 13.7. The Morgan fingerprint density at radius 3 is 2.49 bits per heavy atom. The van der Waals surface area contributed by atoms with Gasteiger partial charge in [-0.2, -0.15) is 0 Å². The molecule has 0 aliphatic carbocycles. The third-order valence-electron chi connectivity index (χ3n) is 6.56. The van der Waals surface area contributed by atoms with Gasteiger partial charge < -0.3 is 20.1 Å². The molecule has 188 valence electrons. The van der Waals surface area contributed by atoms with Gasteiger partial charge in [0.25, 0.3) is 0 Å². The van der Waals surface area contributed by atoms with Crippen molar-refractivity contribution in [2.45, 2.75) is 32.9 Å². The minimum absolute atomic E-state index is 0.0283. The zero-order valence-corrected chi connectivity index (χ0v) is 21.7. The van der Waals surface area contributed by atoms with E-state index in [1.807, 2.05) is 74.0 Å². The van der Waals surface area contributed by atoms with Gasteiger partial charge in [0, 0.05) is 41.1 Å². The summed E-state index contributed by atoms with van der Waals surface area (Å²) in [6.07, 6.45) is 3.74. The number of nitrogens with one attached hydrogen (secondary N) is 2. The second-order valence-corrected chi connectivity index (χ2v) is 9.81. The Balaban J connectivity index is 1.59. The van der Waals surface area contributed by atoms with Crippen LogP contribution in [0.25, 0.3) is 5.69 Å². The molecule has 37 heavy (non-hydrogen) atoms. The van der Waals surface area contributed by atoms with E-state index in [4.69, 9.17) is 12.2 Å². The van der Waals surface area contributed by atoms with Crippen LogP contribution in [-0.4, -0.2) is 20.6 Å². The van der Waals surface area contributed by atoms with Crippen LogP contribution >= 0.6 is 12.2 Å². The minimum Gasteiger partial charge on any atom is -0.351 e. The molecule has 2 atom stereocenters. The number of pyridine rings is 1. The van der Waals surface area contributed by atoms with Gasteiger partial charge in [-0.3, -0.25) is 9.78 Å². The van der Waals surface area contributed by atoms with Crippen molar-refractivity contribution < 1.29 is 9.18 Å². The third kappa shape index (κ3) is 4.84. The first-order chi connectivity index (χ1) is 17.8. The fourth-order valence-corrected chi connectivity index (χ4v) is 4.97. The highest BCUT2D eigenvalue weighted by atomic mass is 32.1. The van der Waals surface area contributed by atoms with Crippen molar-refractivity contribution in [3.8, 4) is 5.69 Å². The number of aryl methyl sites for hydroxylation is 1. The fourth-order valence-electron chi connectivity index (χ4n) is 4.62. The van der Waals surface area contributed by atoms with Crippen LogP contribution in [0.5, 0.6) is 0 Å². The van der Waals surface area contributed by atoms with Crippen molar-refractivity contribution >= 4 is 34.6 Å². The van der Waals surface area contributed by atoms with E-state index in [1.165, 1.54) is 12.1 Å². The largest absolute Gasteiger partial charge is 0.351 e. The molecular formula is C29H28FN5OS. The number of halogens is 1. The lowest BCUT2D eigenvalue weighted by Crippen LogP contribution is -2.30. The van der Waals surface area contributed by atoms with E-state index in [-0.39, 0.29) is 29.7 Å². The second-order valence-electron chi connectivity index (χ2n) is 9.42. The summed E-state index contributed by atoms with van der Waals surface area (Å²) < 4.78 is 15.7. The lowest BCUT2D eigenvalue weighted by Gasteiger charge is -2.29. The van der Waals surface area contributed by atoms with E-state index in [1.54, 1.807) is 18.3 Å². The Morgan fingerprint density at radius 2 is 1.81 bits per heavy atom. The Bertz CT molecular complexity index is 1430. The average Bonchev–Trinajstić information content (AvgIpc) is 3.50. The number of carbonyl (C=O) groups excluding carboxylic acids is 1. The summed E-state index contributed by atoms with van der Waals surface area (Å²) in [5.41, 5.74) is 5.29. The van der Waals surface area contributed by atoms with Gasteiger partial charge in [0.1, 0.15) is 11.9 Å². The molecule has 8 heteroatoms. The molecule has 0 unspecified atom stereocenters. The topological polar surface area (TPSA) is 62.2 Å². The standard InChI is InChI=1S/C29H28FN5OS/c1-18(2)28(36)32-23-14-13-22(17-19(23)3)35-27(26(33-29(35)37)24-7-4-5-15-31-24)25-8-6-16-34(25)21-11-9-20(30)10-12-21/h4-18,26-27H,1-3H3,(H,32,36)(H,33,37)/t26-,27+/m1/s1. The molecule has 5 rings (SSSR count). The number of rotatable bonds is 6. The van der Waals surface area contributed by atoms with Gasteiger partial charge in [0.05, 0.1) is 11.7 Å². The van der Waals surface area contributed by atoms with Crippen LogP contribution in [0, 0.1) is 18.7 Å². The molecule has 0 saturated carbocycles. The summed E-state index contributed by atoms with van der Waals surface area (Å²) in [4.78, 5) is 19.0. The molecule has 0 bridgehead atoms. The summed E-state index contributed by atoms with van der Waals surface area (Å²) in [6, 6.07) is 21.7. The van der Waals surface area contributed by atoms with Crippen molar-refractivity contribution in [1.82, 2.24) is 14.9 Å². The van der Waals surface area contributed by atoms with Crippen LogP contribution in [0.3, 0.4) is 0 Å². The Morgan fingerprint density at radius 1 is 1.05 bits per heavy atom. The molecule has 2 aromatic heterocycles. The number of nitrogens with zero attached hydrogens (tertiary/aromatic N) is 3. The zero-order chi connectivity index (χ0) is 26.1. The van der Waals surface area contributed by atoms with Crippen molar-refractivity contribution in [3.63, 3.8) is 0 Å². The molecular weight excluding hydrogens is 485 g/mol. The Kier molecular flexibility index (Phi) is 6.76. The maximum Gasteiger partial charge on any atom is 0.226 e. The number of aromatic nitrogens is 2. The predicted molar refractivity (Wildman–Crippen MR) is 148 cm³/mol. The normalized spacial score (nSPS) is 17.2. The number of amides is 1. The van der Waals surface area contributed by atoms with E-state index in [0.717, 1.165) is 34.0 Å². The van der Waals surface area contributed by atoms with Gasteiger partial charge in [-0.1, -0.05) is 19.9 Å². The van der Waals surface area contributed by atoms with Crippen molar-refractivity contribution in [3.05, 3.63) is 108 Å². The Hall–Kier alpha value is -4.04. The van der Waals surface area contributed by atoms with Gasteiger partial charge >= 0.3 is 0 Å². The second kappa shape index (κ2) is 10.1. The van der Waals surface area contributed by atoms with Crippen LogP contribution in [0.2, 0.25) is 0 Å². The molecule has 1 aliphatic rings. The van der Waals surface area contributed by atoms with Crippen LogP contribution in [0.15, 0.2) is 85.2 Å². The number of carbonyl (C=O) groups is 1. The highest BCUT2D eigenvalue weighted by molar-refractivity contribution is 7.80. The van der Waals surface area contributed by atoms with E-state index < -0.39 is 0 Å². The first kappa shape index (κ1) is 24.6. The lowest BCUT2D eigenvalue weighted by molar-refractivity contribution is -0.118. The number of hydrogen-bond donors (Lipinski definition) is 2. The SMILES string of the molecule is Cc1cc(N2C(=S)N[C@H](c3ccccn3)[C@@H]2c2cccn2-c2ccc(F)cc2)ccc1NC(=O)C(C)C. The Labute approximate surface area is 221 Å². The summed E-state index contributed by atoms with van der Waals surface area (Å²) in [7, 11) is 0. The van der Waals surface area contributed by atoms with Gasteiger partial charge in [-0.25, -0.2) is 4.39 Å². The van der Waals surface area contributed by atoms with Gasteiger partial charge in [-0.05, 0) is 91.4 Å². The number of hydrogen-bond acceptors (Lipinski definition) is 3. The molecule has 0 radical (unpaired) electrons. The number of benzene rings is 2. The average molecular weight is 514 g/mol. The number of thiocarbonyl (C=S) groups is 1. The van der Waals surface area contributed by atoms with E-state index >= 15 is 0 Å². The smallest absolute Gasteiger partial charge is 0.226 e. The summed E-state index contributed by atoms with van der Waals surface area (Å²) in [5, 5.41) is 7.05.